The van der Waals surface area contributed by atoms with Crippen molar-refractivity contribution in [3.63, 3.8) is 0 Å². The largest absolute Gasteiger partial charge is 0.493 e. The molecular formula is C15H19Cl2N3O. The van der Waals surface area contributed by atoms with Crippen LogP contribution >= 0.6 is 23.2 Å². The molecule has 2 aromatic rings. The molecule has 1 unspecified atom stereocenters. The molecule has 0 spiro atoms. The Morgan fingerprint density at radius 1 is 1.29 bits per heavy atom. The highest BCUT2D eigenvalue weighted by molar-refractivity contribution is 6.33. The summed E-state index contributed by atoms with van der Waals surface area (Å²) in [7, 11) is 3.51. The predicted molar refractivity (Wildman–Crippen MR) is 86.5 cm³/mol. The third kappa shape index (κ3) is 3.18. The van der Waals surface area contributed by atoms with Gasteiger partial charge in [-0.25, -0.2) is 0 Å². The van der Waals surface area contributed by atoms with Gasteiger partial charge in [0, 0.05) is 16.1 Å². The number of aromatic nitrogens is 2. The molecule has 0 fully saturated rings. The lowest BCUT2D eigenvalue weighted by Gasteiger charge is -2.22. The summed E-state index contributed by atoms with van der Waals surface area (Å²) < 4.78 is 7.38. The molecule has 21 heavy (non-hydrogen) atoms. The summed E-state index contributed by atoms with van der Waals surface area (Å²) in [6, 6.07) is 5.49. The Hall–Kier alpha value is -1.23. The predicted octanol–water partition coefficient (Wildman–Crippen LogP) is 4.09. The van der Waals surface area contributed by atoms with Crippen molar-refractivity contribution in [2.75, 3.05) is 14.2 Å². The number of nitrogens with one attached hydrogen (secondary N) is 1. The lowest BCUT2D eigenvalue weighted by atomic mass is 10.0. The van der Waals surface area contributed by atoms with Crippen molar-refractivity contribution >= 4 is 23.2 Å². The summed E-state index contributed by atoms with van der Waals surface area (Å²) in [5.41, 5.74) is 1.83. The number of methoxy groups -OCH3 is 1. The molecule has 1 heterocycles. The van der Waals surface area contributed by atoms with Crippen molar-refractivity contribution in [1.82, 2.24) is 15.1 Å². The van der Waals surface area contributed by atoms with Crippen molar-refractivity contribution < 1.29 is 4.74 Å². The van der Waals surface area contributed by atoms with E-state index in [0.29, 0.717) is 10.0 Å². The van der Waals surface area contributed by atoms with Crippen LogP contribution in [0.1, 0.15) is 37.2 Å². The van der Waals surface area contributed by atoms with Gasteiger partial charge in [0.05, 0.1) is 19.3 Å². The molecule has 0 aliphatic carbocycles. The van der Waals surface area contributed by atoms with Gasteiger partial charge in [0.2, 0.25) is 0 Å². The average molecular weight is 328 g/mol. The van der Waals surface area contributed by atoms with Gasteiger partial charge < -0.3 is 10.1 Å². The van der Waals surface area contributed by atoms with Gasteiger partial charge in [-0.2, -0.15) is 5.10 Å². The van der Waals surface area contributed by atoms with Crippen LogP contribution in [0.25, 0.3) is 0 Å². The van der Waals surface area contributed by atoms with Crippen LogP contribution in [-0.4, -0.2) is 23.9 Å². The fourth-order valence-electron chi connectivity index (χ4n) is 2.37. The molecule has 0 aliphatic rings. The van der Waals surface area contributed by atoms with E-state index >= 15 is 0 Å². The van der Waals surface area contributed by atoms with E-state index in [1.54, 1.807) is 25.4 Å². The maximum absolute atomic E-state index is 6.34. The average Bonchev–Trinajstić information content (AvgIpc) is 2.87. The smallest absolute Gasteiger partial charge is 0.161 e. The van der Waals surface area contributed by atoms with Crippen molar-refractivity contribution in [3.05, 3.63) is 45.7 Å². The van der Waals surface area contributed by atoms with Crippen molar-refractivity contribution in [2.45, 2.75) is 25.9 Å². The normalized spacial score (nSPS) is 12.7. The molecule has 4 nitrogen and oxygen atoms in total. The van der Waals surface area contributed by atoms with Crippen molar-refractivity contribution in [3.8, 4) is 5.75 Å². The van der Waals surface area contributed by atoms with E-state index in [1.807, 2.05) is 17.8 Å². The van der Waals surface area contributed by atoms with Gasteiger partial charge in [-0.05, 0) is 44.7 Å². The first-order valence-corrected chi connectivity index (χ1v) is 7.48. The number of benzene rings is 1. The molecule has 1 aromatic carbocycles. The Kier molecular flexibility index (Phi) is 5.14. The second kappa shape index (κ2) is 6.69. The molecule has 6 heteroatoms. The molecule has 114 valence electrons. The molecule has 0 amide bonds. The Bertz CT molecular complexity index is 625. The molecule has 0 aliphatic heterocycles. The second-order valence-electron chi connectivity index (χ2n) is 5.02. The highest BCUT2D eigenvalue weighted by atomic mass is 35.5. The summed E-state index contributed by atoms with van der Waals surface area (Å²) in [4.78, 5) is 0. The van der Waals surface area contributed by atoms with E-state index in [0.717, 1.165) is 17.0 Å². The first kappa shape index (κ1) is 16.1. The maximum atomic E-state index is 6.34. The molecule has 0 saturated heterocycles. The number of hydrogen-bond donors (Lipinski definition) is 1. The molecule has 0 saturated carbocycles. The number of halogens is 2. The van der Waals surface area contributed by atoms with Crippen LogP contribution in [0.3, 0.4) is 0 Å². The van der Waals surface area contributed by atoms with Crippen molar-refractivity contribution in [1.29, 1.82) is 0 Å². The minimum Gasteiger partial charge on any atom is -0.493 e. The number of rotatable bonds is 5. The molecule has 0 radical (unpaired) electrons. The van der Waals surface area contributed by atoms with Gasteiger partial charge in [-0.3, -0.25) is 4.68 Å². The van der Waals surface area contributed by atoms with E-state index in [4.69, 9.17) is 27.9 Å². The fraction of sp³-hybridized carbons (Fsp3) is 0.400. The third-order valence-corrected chi connectivity index (χ3v) is 3.92. The number of ether oxygens (including phenoxy) is 1. The zero-order chi connectivity index (χ0) is 15.6. The van der Waals surface area contributed by atoms with E-state index in [2.05, 4.69) is 24.3 Å². The lowest BCUT2D eigenvalue weighted by Crippen LogP contribution is -2.23. The first-order chi connectivity index (χ1) is 9.99. The van der Waals surface area contributed by atoms with Crippen LogP contribution in [0.5, 0.6) is 5.75 Å². The number of nitrogens with zero attached hydrogens (tertiary/aromatic N) is 2. The molecule has 1 N–H and O–H groups in total. The fourth-order valence-corrected chi connectivity index (χ4v) is 2.78. The van der Waals surface area contributed by atoms with Crippen molar-refractivity contribution in [2.24, 2.45) is 0 Å². The van der Waals surface area contributed by atoms with Crippen LogP contribution in [0, 0.1) is 0 Å². The van der Waals surface area contributed by atoms with Gasteiger partial charge in [-0.15, -0.1) is 0 Å². The van der Waals surface area contributed by atoms with E-state index in [-0.39, 0.29) is 12.1 Å². The minimum absolute atomic E-state index is 0.156. The topological polar surface area (TPSA) is 39.1 Å². The van der Waals surface area contributed by atoms with Crippen LogP contribution in [0.4, 0.5) is 0 Å². The van der Waals surface area contributed by atoms with E-state index in [9.17, 15) is 0 Å². The molecule has 1 aromatic heterocycles. The third-order valence-electron chi connectivity index (χ3n) is 3.34. The summed E-state index contributed by atoms with van der Waals surface area (Å²) >= 11 is 12.5. The standard InChI is InChI=1S/C15H19Cl2N3O/c1-9(2)20-15(13(21-4)8-19-20)14(18-3)11-7-10(16)5-6-12(11)17/h5-9,14,18H,1-4H3. The molecular weight excluding hydrogens is 309 g/mol. The Balaban J connectivity index is 2.61. The van der Waals surface area contributed by atoms with E-state index < -0.39 is 0 Å². The first-order valence-electron chi connectivity index (χ1n) is 6.73. The maximum Gasteiger partial charge on any atom is 0.161 e. The van der Waals surface area contributed by atoms with Gasteiger partial charge in [-0.1, -0.05) is 23.2 Å². The Morgan fingerprint density at radius 2 is 2.00 bits per heavy atom. The highest BCUT2D eigenvalue weighted by Crippen LogP contribution is 2.35. The quantitative estimate of drug-likeness (QED) is 0.898. The van der Waals surface area contributed by atoms with E-state index in [1.165, 1.54) is 0 Å². The van der Waals surface area contributed by atoms with Crippen LogP contribution < -0.4 is 10.1 Å². The van der Waals surface area contributed by atoms with Crippen LogP contribution in [-0.2, 0) is 0 Å². The van der Waals surface area contributed by atoms with Gasteiger partial charge in [0.1, 0.15) is 5.69 Å². The summed E-state index contributed by atoms with van der Waals surface area (Å²) in [5, 5.41) is 8.98. The van der Waals surface area contributed by atoms with Gasteiger partial charge in [0.25, 0.3) is 0 Å². The lowest BCUT2D eigenvalue weighted by molar-refractivity contribution is 0.396. The minimum atomic E-state index is -0.156. The molecule has 0 bridgehead atoms. The summed E-state index contributed by atoms with van der Waals surface area (Å²) in [6.07, 6.45) is 1.72. The summed E-state index contributed by atoms with van der Waals surface area (Å²) in [6.45, 7) is 4.14. The summed E-state index contributed by atoms with van der Waals surface area (Å²) in [5.74, 6) is 0.721. The van der Waals surface area contributed by atoms with Crippen LogP contribution in [0.15, 0.2) is 24.4 Å². The zero-order valence-corrected chi connectivity index (χ0v) is 14.0. The Morgan fingerprint density at radius 3 is 2.57 bits per heavy atom. The zero-order valence-electron chi connectivity index (χ0n) is 12.5. The molecule has 2 rings (SSSR count). The second-order valence-corrected chi connectivity index (χ2v) is 5.87. The van der Waals surface area contributed by atoms with Crippen LogP contribution in [0.2, 0.25) is 10.0 Å². The SMILES string of the molecule is CNC(c1cc(Cl)ccc1Cl)c1c(OC)cnn1C(C)C. The number of hydrogen-bond acceptors (Lipinski definition) is 3. The van der Waals surface area contributed by atoms with Gasteiger partial charge >= 0.3 is 0 Å². The molecule has 1 atom stereocenters. The monoisotopic (exact) mass is 327 g/mol. The highest BCUT2D eigenvalue weighted by Gasteiger charge is 2.25. The van der Waals surface area contributed by atoms with Gasteiger partial charge in [0.15, 0.2) is 5.75 Å². The Labute approximate surface area is 135 Å².